The van der Waals surface area contributed by atoms with Gasteiger partial charge in [0.05, 0.1) is 6.10 Å². The van der Waals surface area contributed by atoms with E-state index < -0.39 is 17.6 Å². The first-order valence-electron chi connectivity index (χ1n) is 3.84. The number of rotatable bonds is 1. The van der Waals surface area contributed by atoms with Crippen LogP contribution in [0, 0.1) is 0 Å². The highest BCUT2D eigenvalue weighted by Gasteiger charge is 2.56. The largest absolute Gasteiger partial charge is 0.480 e. The Labute approximate surface area is 64.2 Å². The first-order valence-corrected chi connectivity index (χ1v) is 3.84. The van der Waals surface area contributed by atoms with Crippen LogP contribution in [0.4, 0.5) is 0 Å². The van der Waals surface area contributed by atoms with Crippen molar-refractivity contribution < 1.29 is 15.0 Å². The Kier molecular flexibility index (Phi) is 1.25. The van der Waals surface area contributed by atoms with Crippen molar-refractivity contribution in [1.29, 1.82) is 0 Å². The maximum Gasteiger partial charge on any atom is 0.326 e. The molecule has 0 aromatic carbocycles. The molecular weight excluding hydrogens is 146 g/mol. The lowest BCUT2D eigenvalue weighted by molar-refractivity contribution is -0.148. The van der Waals surface area contributed by atoms with Crippen LogP contribution in [0.25, 0.3) is 0 Å². The SMILES string of the molecule is O=C(O)[C@@]12CC[C@@H](C[C@@H]1O)N2. The number of fused-ring (bicyclic) bond motifs is 2. The zero-order valence-corrected chi connectivity index (χ0v) is 6.08. The Morgan fingerprint density at radius 1 is 1.64 bits per heavy atom. The van der Waals surface area contributed by atoms with Gasteiger partial charge in [0.1, 0.15) is 5.54 Å². The molecule has 0 aromatic heterocycles. The van der Waals surface area contributed by atoms with Crippen molar-refractivity contribution in [3.8, 4) is 0 Å². The highest BCUT2D eigenvalue weighted by molar-refractivity contribution is 5.81. The first kappa shape index (κ1) is 7.06. The van der Waals surface area contributed by atoms with Crippen molar-refractivity contribution in [3.63, 3.8) is 0 Å². The van der Waals surface area contributed by atoms with Crippen molar-refractivity contribution in [2.24, 2.45) is 0 Å². The van der Waals surface area contributed by atoms with E-state index in [1.54, 1.807) is 0 Å². The number of carboxylic acid groups (broad SMARTS) is 1. The topological polar surface area (TPSA) is 69.6 Å². The van der Waals surface area contributed by atoms with Gasteiger partial charge in [0.15, 0.2) is 0 Å². The highest BCUT2D eigenvalue weighted by atomic mass is 16.4. The number of aliphatic hydroxyl groups is 1. The van der Waals surface area contributed by atoms with Crippen LogP contribution in [0.1, 0.15) is 19.3 Å². The van der Waals surface area contributed by atoms with E-state index in [4.69, 9.17) is 5.11 Å². The van der Waals surface area contributed by atoms with E-state index in [-0.39, 0.29) is 6.04 Å². The molecule has 2 bridgehead atoms. The molecule has 2 rings (SSSR count). The van der Waals surface area contributed by atoms with Crippen molar-refractivity contribution in [2.75, 3.05) is 0 Å². The molecule has 2 saturated heterocycles. The quantitative estimate of drug-likeness (QED) is 0.472. The molecule has 62 valence electrons. The van der Waals surface area contributed by atoms with Gasteiger partial charge in [-0.3, -0.25) is 10.1 Å². The predicted octanol–water partition coefficient (Wildman–Crippen LogP) is -0.674. The van der Waals surface area contributed by atoms with Gasteiger partial charge in [0, 0.05) is 6.04 Å². The van der Waals surface area contributed by atoms with Gasteiger partial charge in [-0.1, -0.05) is 0 Å². The average molecular weight is 157 g/mol. The van der Waals surface area contributed by atoms with E-state index in [9.17, 15) is 9.90 Å². The summed E-state index contributed by atoms with van der Waals surface area (Å²) in [6, 6.07) is 0.223. The summed E-state index contributed by atoms with van der Waals surface area (Å²) in [5.41, 5.74) is -1.01. The van der Waals surface area contributed by atoms with Crippen LogP contribution in [0.15, 0.2) is 0 Å². The Morgan fingerprint density at radius 2 is 2.36 bits per heavy atom. The number of carboxylic acids is 1. The van der Waals surface area contributed by atoms with Crippen molar-refractivity contribution in [2.45, 2.75) is 36.9 Å². The molecule has 11 heavy (non-hydrogen) atoms. The second kappa shape index (κ2) is 1.95. The molecule has 0 saturated carbocycles. The number of aliphatic hydroxyl groups excluding tert-OH is 1. The zero-order chi connectivity index (χ0) is 8.06. The lowest BCUT2D eigenvalue weighted by Gasteiger charge is -2.25. The summed E-state index contributed by atoms with van der Waals surface area (Å²) in [7, 11) is 0. The Balaban J connectivity index is 2.29. The van der Waals surface area contributed by atoms with Crippen LogP contribution < -0.4 is 5.32 Å². The minimum Gasteiger partial charge on any atom is -0.480 e. The molecule has 2 aliphatic heterocycles. The summed E-state index contributed by atoms with van der Waals surface area (Å²) in [6.07, 6.45) is 1.34. The van der Waals surface area contributed by atoms with Crippen LogP contribution in [-0.4, -0.2) is 33.9 Å². The maximum absolute atomic E-state index is 10.8. The van der Waals surface area contributed by atoms with Crippen molar-refractivity contribution in [1.82, 2.24) is 5.32 Å². The molecule has 2 fully saturated rings. The van der Waals surface area contributed by atoms with Gasteiger partial charge in [-0.05, 0) is 19.3 Å². The summed E-state index contributed by atoms with van der Waals surface area (Å²) in [5, 5.41) is 21.2. The van der Waals surface area contributed by atoms with E-state index in [2.05, 4.69) is 5.32 Å². The molecule has 0 amide bonds. The molecule has 0 aliphatic carbocycles. The van der Waals surface area contributed by atoms with Gasteiger partial charge in [0.2, 0.25) is 0 Å². The third-order valence-electron chi connectivity index (χ3n) is 2.81. The Morgan fingerprint density at radius 3 is 2.64 bits per heavy atom. The predicted molar refractivity (Wildman–Crippen MR) is 37.1 cm³/mol. The minimum atomic E-state index is -1.01. The Bertz CT molecular complexity index is 206. The smallest absolute Gasteiger partial charge is 0.326 e. The number of carbonyl (C=O) groups is 1. The molecular formula is C7H11NO3. The summed E-state index contributed by atoms with van der Waals surface area (Å²) < 4.78 is 0. The number of hydrogen-bond acceptors (Lipinski definition) is 3. The molecule has 0 radical (unpaired) electrons. The van der Waals surface area contributed by atoms with Gasteiger partial charge in [-0.25, -0.2) is 0 Å². The van der Waals surface area contributed by atoms with E-state index in [1.807, 2.05) is 0 Å². The van der Waals surface area contributed by atoms with E-state index in [0.717, 1.165) is 6.42 Å². The van der Waals surface area contributed by atoms with Gasteiger partial charge in [-0.15, -0.1) is 0 Å². The molecule has 3 atom stereocenters. The van der Waals surface area contributed by atoms with E-state index >= 15 is 0 Å². The standard InChI is InChI=1S/C7H11NO3/c9-5-3-4-1-2-7(5,8-4)6(10)11/h4-5,8-9H,1-3H2,(H,10,11)/t4-,5-,7+/m0/s1. The molecule has 3 N–H and O–H groups in total. The number of nitrogens with one attached hydrogen (secondary N) is 1. The number of aliphatic carboxylic acids is 1. The average Bonchev–Trinajstić information content (AvgIpc) is 2.43. The Hall–Kier alpha value is -0.610. The molecule has 0 unspecified atom stereocenters. The lowest BCUT2D eigenvalue weighted by atomic mass is 9.85. The van der Waals surface area contributed by atoms with Gasteiger partial charge >= 0.3 is 5.97 Å². The van der Waals surface area contributed by atoms with Gasteiger partial charge in [0.25, 0.3) is 0 Å². The fourth-order valence-electron chi connectivity index (χ4n) is 2.13. The second-order valence-electron chi connectivity index (χ2n) is 3.41. The van der Waals surface area contributed by atoms with E-state index in [0.29, 0.717) is 12.8 Å². The third-order valence-corrected chi connectivity index (χ3v) is 2.81. The summed E-state index contributed by atoms with van der Waals surface area (Å²) in [4.78, 5) is 10.8. The van der Waals surface area contributed by atoms with Gasteiger partial charge in [-0.2, -0.15) is 0 Å². The van der Waals surface area contributed by atoms with Crippen LogP contribution >= 0.6 is 0 Å². The normalized spacial score (nSPS) is 48.1. The molecule has 0 aromatic rings. The number of hydrogen-bond donors (Lipinski definition) is 3. The van der Waals surface area contributed by atoms with Crippen molar-refractivity contribution >= 4 is 5.97 Å². The van der Waals surface area contributed by atoms with Crippen LogP contribution in [-0.2, 0) is 4.79 Å². The summed E-state index contributed by atoms with van der Waals surface area (Å²) in [5.74, 6) is -0.912. The lowest BCUT2D eigenvalue weighted by Crippen LogP contribution is -2.52. The van der Waals surface area contributed by atoms with Crippen LogP contribution in [0.3, 0.4) is 0 Å². The molecule has 2 heterocycles. The molecule has 0 spiro atoms. The second-order valence-corrected chi connectivity index (χ2v) is 3.41. The van der Waals surface area contributed by atoms with Gasteiger partial charge < -0.3 is 10.2 Å². The third kappa shape index (κ3) is 0.736. The molecule has 2 aliphatic rings. The zero-order valence-electron chi connectivity index (χ0n) is 6.08. The maximum atomic E-state index is 10.8. The fourth-order valence-corrected chi connectivity index (χ4v) is 2.13. The van der Waals surface area contributed by atoms with E-state index in [1.165, 1.54) is 0 Å². The fraction of sp³-hybridized carbons (Fsp3) is 0.857. The highest BCUT2D eigenvalue weighted by Crippen LogP contribution is 2.37. The summed E-state index contributed by atoms with van der Waals surface area (Å²) >= 11 is 0. The molecule has 4 nitrogen and oxygen atoms in total. The minimum absolute atomic E-state index is 0.223. The van der Waals surface area contributed by atoms with Crippen molar-refractivity contribution in [3.05, 3.63) is 0 Å². The molecule has 4 heteroatoms. The van der Waals surface area contributed by atoms with Crippen LogP contribution in [0.5, 0.6) is 0 Å². The van der Waals surface area contributed by atoms with Crippen LogP contribution in [0.2, 0.25) is 0 Å². The monoisotopic (exact) mass is 157 g/mol. The summed E-state index contributed by atoms with van der Waals surface area (Å²) in [6.45, 7) is 0. The first-order chi connectivity index (χ1) is 5.15.